The average Bonchev–Trinajstić information content (AvgIpc) is 3.62. The van der Waals surface area contributed by atoms with Crippen molar-refractivity contribution in [2.24, 2.45) is 0 Å². The molecule has 0 unspecified atom stereocenters. The van der Waals surface area contributed by atoms with Crippen LogP contribution in [0.25, 0.3) is 66.1 Å². The SMILES string of the molecule is c1ccc(N2c3ccccc3-n3c4ccc(-c5ccc6c(c5)c5ccccc5n6-c5ccccc5)cc4c4cccc2c43)cc1. The number of para-hydroxylation sites is 6. The Bertz CT molecular complexity index is 2590. The van der Waals surface area contributed by atoms with E-state index in [1.807, 2.05) is 0 Å². The normalized spacial score (nSPS) is 12.4. The maximum Gasteiger partial charge on any atom is 0.0783 e. The lowest BCUT2D eigenvalue weighted by molar-refractivity contribution is 1.11. The van der Waals surface area contributed by atoms with Crippen LogP contribution in [0, 0.1) is 0 Å². The molecule has 3 nitrogen and oxygen atoms in total. The zero-order valence-electron chi connectivity index (χ0n) is 24.4. The Kier molecular flexibility index (Phi) is 5.00. The Hall–Kier alpha value is -6.06. The smallest absolute Gasteiger partial charge is 0.0783 e. The molecule has 0 atom stereocenters. The predicted octanol–water partition coefficient (Wildman–Crippen LogP) is 11.3. The van der Waals surface area contributed by atoms with Gasteiger partial charge in [-0.2, -0.15) is 0 Å². The van der Waals surface area contributed by atoms with Gasteiger partial charge in [0.1, 0.15) is 0 Å². The fourth-order valence-corrected chi connectivity index (χ4v) is 7.50. The minimum atomic E-state index is 1.16. The van der Waals surface area contributed by atoms with Gasteiger partial charge in [-0.25, -0.2) is 0 Å². The highest BCUT2D eigenvalue weighted by atomic mass is 15.2. The zero-order valence-corrected chi connectivity index (χ0v) is 24.4. The van der Waals surface area contributed by atoms with Crippen LogP contribution in [-0.4, -0.2) is 9.13 Å². The molecule has 0 N–H and O–H groups in total. The summed E-state index contributed by atoms with van der Waals surface area (Å²) in [6.45, 7) is 0. The van der Waals surface area contributed by atoms with Crippen LogP contribution in [0.3, 0.4) is 0 Å². The molecular formula is C42H27N3. The fraction of sp³-hybridized carbons (Fsp3) is 0. The van der Waals surface area contributed by atoms with E-state index in [4.69, 9.17) is 0 Å². The van der Waals surface area contributed by atoms with Gasteiger partial charge >= 0.3 is 0 Å². The number of hydrogen-bond acceptors (Lipinski definition) is 1. The van der Waals surface area contributed by atoms with Crippen molar-refractivity contribution in [3.05, 3.63) is 164 Å². The molecule has 0 amide bonds. The van der Waals surface area contributed by atoms with Crippen molar-refractivity contribution < 1.29 is 0 Å². The van der Waals surface area contributed by atoms with E-state index in [-0.39, 0.29) is 0 Å². The number of anilines is 3. The monoisotopic (exact) mass is 573 g/mol. The van der Waals surface area contributed by atoms with Crippen LogP contribution < -0.4 is 4.90 Å². The summed E-state index contributed by atoms with van der Waals surface area (Å²) in [6.07, 6.45) is 0. The highest BCUT2D eigenvalue weighted by molar-refractivity contribution is 6.17. The molecule has 3 heterocycles. The van der Waals surface area contributed by atoms with Gasteiger partial charge in [-0.1, -0.05) is 91.0 Å². The van der Waals surface area contributed by atoms with Crippen molar-refractivity contribution in [2.45, 2.75) is 0 Å². The molecule has 0 bridgehead atoms. The Morgan fingerprint density at radius 3 is 1.60 bits per heavy atom. The number of aromatic nitrogens is 2. The molecule has 0 saturated heterocycles. The van der Waals surface area contributed by atoms with Crippen LogP contribution in [-0.2, 0) is 0 Å². The zero-order chi connectivity index (χ0) is 29.5. The second kappa shape index (κ2) is 9.22. The van der Waals surface area contributed by atoms with Gasteiger partial charge < -0.3 is 14.0 Å². The number of rotatable bonds is 3. The molecular weight excluding hydrogens is 546 g/mol. The number of benzene rings is 7. The molecule has 1 aliphatic heterocycles. The van der Waals surface area contributed by atoms with E-state index in [1.165, 1.54) is 77.5 Å². The van der Waals surface area contributed by atoms with Crippen molar-refractivity contribution in [3.8, 4) is 22.5 Å². The van der Waals surface area contributed by atoms with Crippen molar-refractivity contribution >= 4 is 60.7 Å². The summed E-state index contributed by atoms with van der Waals surface area (Å²) in [7, 11) is 0. The fourth-order valence-electron chi connectivity index (χ4n) is 7.50. The topological polar surface area (TPSA) is 13.1 Å². The van der Waals surface area contributed by atoms with E-state index in [0.29, 0.717) is 0 Å². The lowest BCUT2D eigenvalue weighted by atomic mass is 10.0. The third-order valence-corrected chi connectivity index (χ3v) is 9.41. The summed E-state index contributed by atoms with van der Waals surface area (Å²) in [5.74, 6) is 0. The summed E-state index contributed by atoms with van der Waals surface area (Å²) in [5.41, 5.74) is 13.3. The molecule has 45 heavy (non-hydrogen) atoms. The van der Waals surface area contributed by atoms with Crippen LogP contribution in [0.5, 0.6) is 0 Å². The van der Waals surface area contributed by atoms with E-state index in [2.05, 4.69) is 178 Å². The van der Waals surface area contributed by atoms with Gasteiger partial charge in [0.2, 0.25) is 0 Å². The van der Waals surface area contributed by atoms with Crippen LogP contribution in [0.15, 0.2) is 164 Å². The molecule has 10 rings (SSSR count). The summed E-state index contributed by atoms with van der Waals surface area (Å²) in [6, 6.07) is 59.4. The number of nitrogens with zero attached hydrogens (tertiary/aromatic N) is 3. The first-order valence-corrected chi connectivity index (χ1v) is 15.5. The van der Waals surface area contributed by atoms with E-state index < -0.39 is 0 Å². The van der Waals surface area contributed by atoms with E-state index in [0.717, 1.165) is 5.69 Å². The molecule has 0 radical (unpaired) electrons. The quantitative estimate of drug-likeness (QED) is 0.205. The van der Waals surface area contributed by atoms with E-state index in [1.54, 1.807) is 0 Å². The molecule has 210 valence electrons. The average molecular weight is 574 g/mol. The van der Waals surface area contributed by atoms with Crippen molar-refractivity contribution in [3.63, 3.8) is 0 Å². The third kappa shape index (κ3) is 3.41. The molecule has 0 spiro atoms. The minimum Gasteiger partial charge on any atom is -0.309 e. The standard InChI is InChI=1S/C42H27N3/c1-3-12-30(13-4-1)43-36-18-8-7-16-32(36)34-26-28(22-24-37(34)43)29-23-25-38-35(27-29)33-17-11-21-41-42(33)45(38)40-20-10-9-19-39(40)44(41)31-14-5-2-6-15-31/h1-27H. The molecule has 0 aliphatic carbocycles. The van der Waals surface area contributed by atoms with Crippen molar-refractivity contribution in [1.29, 1.82) is 0 Å². The Balaban J connectivity index is 1.21. The lowest BCUT2D eigenvalue weighted by Crippen LogP contribution is -2.17. The van der Waals surface area contributed by atoms with Gasteiger partial charge in [0.05, 0.1) is 39.1 Å². The van der Waals surface area contributed by atoms with E-state index >= 15 is 0 Å². The first kappa shape index (κ1) is 24.4. The van der Waals surface area contributed by atoms with Gasteiger partial charge in [0.25, 0.3) is 0 Å². The maximum atomic E-state index is 2.45. The maximum absolute atomic E-state index is 2.45. The summed E-state index contributed by atoms with van der Waals surface area (Å²) >= 11 is 0. The Morgan fingerprint density at radius 1 is 0.311 bits per heavy atom. The second-order valence-electron chi connectivity index (χ2n) is 11.8. The molecule has 1 aliphatic rings. The minimum absolute atomic E-state index is 1.16. The summed E-state index contributed by atoms with van der Waals surface area (Å²) < 4.78 is 4.83. The predicted molar refractivity (Wildman–Crippen MR) is 189 cm³/mol. The summed E-state index contributed by atoms with van der Waals surface area (Å²) in [4.78, 5) is 2.40. The second-order valence-corrected chi connectivity index (χ2v) is 11.8. The van der Waals surface area contributed by atoms with Gasteiger partial charge in [-0.3, -0.25) is 0 Å². The highest BCUT2D eigenvalue weighted by Crippen LogP contribution is 2.49. The molecule has 3 heteroatoms. The van der Waals surface area contributed by atoms with Gasteiger partial charge in [0.15, 0.2) is 0 Å². The molecule has 7 aromatic carbocycles. The molecule has 9 aromatic rings. The van der Waals surface area contributed by atoms with Crippen LogP contribution in [0.1, 0.15) is 0 Å². The largest absolute Gasteiger partial charge is 0.309 e. The van der Waals surface area contributed by atoms with Gasteiger partial charge in [0, 0.05) is 32.9 Å². The van der Waals surface area contributed by atoms with Crippen molar-refractivity contribution in [1.82, 2.24) is 9.13 Å². The Morgan fingerprint density at radius 2 is 0.844 bits per heavy atom. The van der Waals surface area contributed by atoms with Crippen LogP contribution >= 0.6 is 0 Å². The van der Waals surface area contributed by atoms with Gasteiger partial charge in [-0.15, -0.1) is 0 Å². The van der Waals surface area contributed by atoms with Crippen LogP contribution in [0.4, 0.5) is 17.1 Å². The molecule has 2 aromatic heterocycles. The van der Waals surface area contributed by atoms with Gasteiger partial charge in [-0.05, 0) is 83.9 Å². The highest BCUT2D eigenvalue weighted by Gasteiger charge is 2.28. The number of fused-ring (bicyclic) bond motifs is 8. The summed E-state index contributed by atoms with van der Waals surface area (Å²) in [5, 5.41) is 5.06. The van der Waals surface area contributed by atoms with Crippen molar-refractivity contribution in [2.75, 3.05) is 4.90 Å². The third-order valence-electron chi connectivity index (χ3n) is 9.41. The number of hydrogen-bond donors (Lipinski definition) is 0. The molecule has 0 saturated carbocycles. The molecule has 0 fully saturated rings. The first-order chi connectivity index (χ1) is 22.3. The Labute approximate surface area is 260 Å². The van der Waals surface area contributed by atoms with Crippen LogP contribution in [0.2, 0.25) is 0 Å². The first-order valence-electron chi connectivity index (χ1n) is 15.5. The van der Waals surface area contributed by atoms with E-state index in [9.17, 15) is 0 Å². The lowest BCUT2D eigenvalue weighted by Gasteiger charge is -2.33.